The van der Waals surface area contributed by atoms with Crippen molar-refractivity contribution in [2.45, 2.75) is 46.4 Å². The Balaban J connectivity index is 2.27. The quantitative estimate of drug-likeness (QED) is 0.806. The Morgan fingerprint density at radius 3 is 2.71 bits per heavy atom. The van der Waals surface area contributed by atoms with E-state index in [0.29, 0.717) is 0 Å². The van der Waals surface area contributed by atoms with Crippen LogP contribution < -0.4 is 0 Å². The van der Waals surface area contributed by atoms with Crippen molar-refractivity contribution < 1.29 is 14.0 Å². The summed E-state index contributed by atoms with van der Waals surface area (Å²) in [5.41, 5.74) is 0.385. The molecular weight excluding hydrogens is 305 g/mol. The first-order valence-corrected chi connectivity index (χ1v) is 9.56. The highest BCUT2D eigenvalue weighted by Gasteiger charge is 2.34. The molecule has 1 atom stereocenters. The topological polar surface area (TPSA) is 59.4 Å². The molecule has 2 heterocycles. The minimum atomic E-state index is -3.69. The summed E-state index contributed by atoms with van der Waals surface area (Å²) in [6.45, 7) is 9.62. The van der Waals surface area contributed by atoms with Gasteiger partial charge in [0, 0.05) is 16.5 Å². The number of fused-ring (bicyclic) bond motifs is 1. The molecule has 1 unspecified atom stereocenters. The molecule has 21 heavy (non-hydrogen) atoms. The molecule has 0 radical (unpaired) electrons. The molecule has 0 saturated heterocycles. The number of hydrogen-bond acceptors (Lipinski definition) is 4. The Labute approximate surface area is 129 Å². The van der Waals surface area contributed by atoms with Gasteiger partial charge in [0.25, 0.3) is 0 Å². The molecule has 0 fully saturated rings. The Morgan fingerprint density at radius 1 is 1.48 bits per heavy atom. The summed E-state index contributed by atoms with van der Waals surface area (Å²) in [5, 5.41) is 1.04. The van der Waals surface area contributed by atoms with Crippen molar-refractivity contribution in [3.8, 4) is 0 Å². The van der Waals surface area contributed by atoms with Crippen LogP contribution in [0.4, 0.5) is 0 Å². The average molecular weight is 327 g/mol. The normalized spacial score (nSPS) is 15.6. The summed E-state index contributed by atoms with van der Waals surface area (Å²) in [5.74, 6) is 0.156. The van der Waals surface area contributed by atoms with Crippen LogP contribution in [-0.4, -0.2) is 15.5 Å². The lowest BCUT2D eigenvalue weighted by molar-refractivity contribution is 0.0472. The van der Waals surface area contributed by atoms with Gasteiger partial charge in [-0.15, -0.1) is 11.3 Å². The van der Waals surface area contributed by atoms with Gasteiger partial charge in [0.1, 0.15) is 4.83 Å². The van der Waals surface area contributed by atoms with Crippen LogP contribution in [0.15, 0.2) is 18.3 Å². The number of aromatic nitrogens is 1. The monoisotopic (exact) mass is 327 g/mol. The molecule has 116 valence electrons. The second-order valence-corrected chi connectivity index (χ2v) is 9.01. The highest BCUT2D eigenvalue weighted by atomic mass is 32.1. The van der Waals surface area contributed by atoms with Gasteiger partial charge in [0.05, 0.1) is 11.8 Å². The molecule has 2 rings (SSSR count). The van der Waals surface area contributed by atoms with Crippen LogP contribution in [-0.2, 0) is 15.3 Å². The van der Waals surface area contributed by atoms with Crippen LogP contribution in [0.2, 0.25) is 0 Å². The molecule has 2 aromatic rings. The van der Waals surface area contributed by atoms with Crippen LogP contribution in [0.5, 0.6) is 0 Å². The van der Waals surface area contributed by atoms with Crippen molar-refractivity contribution in [2.75, 3.05) is 0 Å². The van der Waals surface area contributed by atoms with Gasteiger partial charge in [-0.25, -0.2) is 4.98 Å². The predicted molar refractivity (Wildman–Crippen MR) is 87.9 cm³/mol. The second-order valence-electron chi connectivity index (χ2n) is 6.15. The number of pyridine rings is 1. The van der Waals surface area contributed by atoms with Crippen molar-refractivity contribution in [2.24, 2.45) is 5.92 Å². The first-order valence-electron chi connectivity index (χ1n) is 6.98. The van der Waals surface area contributed by atoms with E-state index in [9.17, 15) is 9.46 Å². The summed E-state index contributed by atoms with van der Waals surface area (Å²) in [7, 11) is -3.69. The smallest absolute Gasteiger partial charge is 0.324 e. The van der Waals surface area contributed by atoms with Gasteiger partial charge in [-0.1, -0.05) is 19.9 Å². The van der Waals surface area contributed by atoms with Crippen LogP contribution in [0.25, 0.3) is 10.2 Å². The van der Waals surface area contributed by atoms with E-state index in [4.69, 9.17) is 4.52 Å². The van der Waals surface area contributed by atoms with Gasteiger partial charge in [-0.2, -0.15) is 0 Å². The highest BCUT2D eigenvalue weighted by Crippen LogP contribution is 2.52. The van der Waals surface area contributed by atoms with E-state index < -0.39 is 13.2 Å². The van der Waals surface area contributed by atoms with Crippen LogP contribution in [0.1, 0.15) is 38.1 Å². The third kappa shape index (κ3) is 3.72. The van der Waals surface area contributed by atoms with Gasteiger partial charge in [0.15, 0.2) is 0 Å². The molecule has 0 spiro atoms. The molecule has 6 heteroatoms. The van der Waals surface area contributed by atoms with E-state index in [2.05, 4.69) is 4.98 Å². The number of rotatable bonds is 5. The summed E-state index contributed by atoms with van der Waals surface area (Å²) in [6.07, 6.45) is 1.77. The number of aryl methyl sites for hydroxylation is 1. The molecule has 1 N–H and O–H groups in total. The van der Waals surface area contributed by atoms with Gasteiger partial charge in [-0.05, 0) is 38.3 Å². The van der Waals surface area contributed by atoms with Gasteiger partial charge in [-0.3, -0.25) is 4.57 Å². The molecule has 0 aromatic carbocycles. The minimum absolute atomic E-state index is 0.0377. The molecule has 0 aliphatic rings. The summed E-state index contributed by atoms with van der Waals surface area (Å²) < 4.78 is 18.0. The second kappa shape index (κ2) is 5.81. The molecular formula is C15H22NO3PS. The SMILES string of the molecule is Cc1c(CP(=O)(O)OC(C)(C)C(C)C)sc2ncccc12. The molecule has 0 aliphatic heterocycles. The maximum Gasteiger partial charge on any atom is 0.333 e. The van der Waals surface area contributed by atoms with E-state index in [1.54, 1.807) is 6.20 Å². The first kappa shape index (κ1) is 16.6. The Morgan fingerprint density at radius 2 is 2.14 bits per heavy atom. The van der Waals surface area contributed by atoms with E-state index in [-0.39, 0.29) is 12.1 Å². The lowest BCUT2D eigenvalue weighted by Crippen LogP contribution is -2.29. The highest BCUT2D eigenvalue weighted by molar-refractivity contribution is 7.52. The third-order valence-electron chi connectivity index (χ3n) is 3.93. The van der Waals surface area contributed by atoms with Crippen LogP contribution >= 0.6 is 18.9 Å². The largest absolute Gasteiger partial charge is 0.333 e. The van der Waals surface area contributed by atoms with Crippen molar-refractivity contribution in [1.29, 1.82) is 0 Å². The third-order valence-corrected chi connectivity index (χ3v) is 6.83. The van der Waals surface area contributed by atoms with Gasteiger partial charge in [0.2, 0.25) is 0 Å². The summed E-state index contributed by atoms with van der Waals surface area (Å²) in [4.78, 5) is 16.3. The fourth-order valence-corrected chi connectivity index (χ4v) is 5.24. The predicted octanol–water partition coefficient (Wildman–Crippen LogP) is 4.74. The Bertz CT molecular complexity index is 693. The fourth-order valence-electron chi connectivity index (χ4n) is 1.94. The lowest BCUT2D eigenvalue weighted by atomic mass is 9.95. The molecule has 0 aliphatic carbocycles. The Kier molecular flexibility index (Phi) is 4.60. The number of thiophene rings is 1. The average Bonchev–Trinajstić information content (AvgIpc) is 2.64. The van der Waals surface area contributed by atoms with Crippen molar-refractivity contribution >= 4 is 29.1 Å². The van der Waals surface area contributed by atoms with Crippen molar-refractivity contribution in [1.82, 2.24) is 4.98 Å². The van der Waals surface area contributed by atoms with Gasteiger partial charge < -0.3 is 9.42 Å². The summed E-state index contributed by atoms with van der Waals surface area (Å²) in [6, 6.07) is 3.86. The zero-order chi connectivity index (χ0) is 15.8. The molecule has 0 saturated carbocycles. The number of nitrogens with zero attached hydrogens (tertiary/aromatic N) is 1. The van der Waals surface area contributed by atoms with E-state index in [0.717, 1.165) is 20.7 Å². The molecule has 0 bridgehead atoms. The lowest BCUT2D eigenvalue weighted by Gasteiger charge is -2.31. The zero-order valence-electron chi connectivity index (χ0n) is 13.1. The molecule has 2 aromatic heterocycles. The van der Waals surface area contributed by atoms with Crippen LogP contribution in [0, 0.1) is 12.8 Å². The standard InChI is InChI=1S/C15H22NO3PS/c1-10(2)15(4,5)19-20(17,18)9-13-11(3)12-7-6-8-16-14(12)21-13/h6-8,10H,9H2,1-5H3,(H,17,18). The van der Waals surface area contributed by atoms with Crippen molar-refractivity contribution in [3.05, 3.63) is 28.8 Å². The minimum Gasteiger partial charge on any atom is -0.324 e. The first-order chi connectivity index (χ1) is 9.62. The molecule has 0 amide bonds. The Hall–Kier alpha value is -0.740. The zero-order valence-corrected chi connectivity index (χ0v) is 14.8. The fraction of sp³-hybridized carbons (Fsp3) is 0.533. The maximum atomic E-state index is 12.5. The van der Waals surface area contributed by atoms with Crippen LogP contribution in [0.3, 0.4) is 0 Å². The van der Waals surface area contributed by atoms with Gasteiger partial charge >= 0.3 is 7.60 Å². The van der Waals surface area contributed by atoms with E-state index in [1.165, 1.54) is 11.3 Å². The van der Waals surface area contributed by atoms with Crippen molar-refractivity contribution in [3.63, 3.8) is 0 Å². The van der Waals surface area contributed by atoms with E-state index >= 15 is 0 Å². The van der Waals surface area contributed by atoms with E-state index in [1.807, 2.05) is 46.8 Å². The maximum absolute atomic E-state index is 12.5. The number of hydrogen-bond donors (Lipinski definition) is 1. The molecule has 4 nitrogen and oxygen atoms in total. The summed E-state index contributed by atoms with van der Waals surface area (Å²) >= 11 is 1.46.